The molecule has 0 spiro atoms. The molecule has 0 bridgehead atoms. The fourth-order valence-electron chi connectivity index (χ4n) is 2.51. The number of ether oxygens (including phenoxy) is 2. The van der Waals surface area contributed by atoms with Gasteiger partial charge in [-0.1, -0.05) is 0 Å². The zero-order valence-corrected chi connectivity index (χ0v) is 16.4. The fourth-order valence-corrected chi connectivity index (χ4v) is 2.97. The Kier molecular flexibility index (Phi) is 5.89. The summed E-state index contributed by atoms with van der Waals surface area (Å²) in [7, 11) is -4.10. The Labute approximate surface area is 169 Å². The summed E-state index contributed by atoms with van der Waals surface area (Å²) < 4.78 is 42.3. The number of benzene rings is 1. The summed E-state index contributed by atoms with van der Waals surface area (Å²) in [4.78, 5) is 35.5. The first-order valence-corrected chi connectivity index (χ1v) is 10.0. The minimum absolute atomic E-state index is 0.150. The lowest BCUT2D eigenvalue weighted by molar-refractivity contribution is 0.0431. The molecule has 1 amide bonds. The number of furan rings is 1. The maximum Gasteiger partial charge on any atom is 0.411 e. The van der Waals surface area contributed by atoms with Crippen molar-refractivity contribution < 1.29 is 36.3 Å². The number of amides is 1. The Hall–Kier alpha value is -3.64. The van der Waals surface area contributed by atoms with Gasteiger partial charge in [0.25, 0.3) is 10.0 Å². The van der Waals surface area contributed by atoms with Crippen LogP contribution in [0.3, 0.4) is 0 Å². The van der Waals surface area contributed by atoms with Crippen molar-refractivity contribution >= 4 is 38.7 Å². The monoisotopic (exact) mass is 436 g/mol. The van der Waals surface area contributed by atoms with Crippen LogP contribution in [0, 0.1) is 0 Å². The smallest absolute Gasteiger partial charge is 0.411 e. The van der Waals surface area contributed by atoms with E-state index in [4.69, 9.17) is 23.4 Å². The standard InChI is InChI=1S/C18H16N2O9S/c1-2-26-18(23)20-11-3-4-12-10(7-15(21)28-14(12)8-11)9-27-17(22)13-5-6-16(29-13)30(19,24)25/h3-8H,2,9H2,1H3,(H,20,23)(H2,19,24,25). The van der Waals surface area contributed by atoms with Gasteiger partial charge in [0, 0.05) is 28.8 Å². The van der Waals surface area contributed by atoms with Crippen LogP contribution in [0.2, 0.25) is 0 Å². The molecule has 2 heterocycles. The van der Waals surface area contributed by atoms with Crippen molar-refractivity contribution in [2.75, 3.05) is 11.9 Å². The van der Waals surface area contributed by atoms with Gasteiger partial charge in [0.15, 0.2) is 0 Å². The number of anilines is 1. The van der Waals surface area contributed by atoms with Crippen LogP contribution in [0.25, 0.3) is 11.0 Å². The molecule has 1 aromatic carbocycles. The summed E-state index contributed by atoms with van der Waals surface area (Å²) in [5.41, 5.74) is 0.119. The van der Waals surface area contributed by atoms with Gasteiger partial charge >= 0.3 is 17.7 Å². The lowest BCUT2D eigenvalue weighted by Gasteiger charge is -2.09. The van der Waals surface area contributed by atoms with Crippen molar-refractivity contribution in [1.82, 2.24) is 0 Å². The van der Waals surface area contributed by atoms with Gasteiger partial charge in [-0.3, -0.25) is 5.32 Å². The van der Waals surface area contributed by atoms with Crippen molar-refractivity contribution in [2.45, 2.75) is 18.6 Å². The summed E-state index contributed by atoms with van der Waals surface area (Å²) in [6.07, 6.45) is -0.665. The number of rotatable bonds is 6. The van der Waals surface area contributed by atoms with E-state index in [-0.39, 0.29) is 24.6 Å². The third kappa shape index (κ3) is 4.85. The van der Waals surface area contributed by atoms with Crippen LogP contribution in [0.15, 0.2) is 55.1 Å². The maximum absolute atomic E-state index is 12.1. The van der Waals surface area contributed by atoms with Gasteiger partial charge < -0.3 is 18.3 Å². The maximum atomic E-state index is 12.1. The van der Waals surface area contributed by atoms with Crippen LogP contribution in [-0.2, 0) is 26.1 Å². The highest BCUT2D eigenvalue weighted by molar-refractivity contribution is 7.89. The predicted molar refractivity (Wildman–Crippen MR) is 102 cm³/mol. The summed E-state index contributed by atoms with van der Waals surface area (Å²) in [6.45, 7) is 1.53. The van der Waals surface area contributed by atoms with Crippen LogP contribution in [0.5, 0.6) is 0 Å². The molecule has 0 aliphatic rings. The average molecular weight is 436 g/mol. The Bertz CT molecular complexity index is 1270. The second kappa shape index (κ2) is 8.39. The lowest BCUT2D eigenvalue weighted by Crippen LogP contribution is -2.13. The van der Waals surface area contributed by atoms with Crippen LogP contribution >= 0.6 is 0 Å². The Balaban J connectivity index is 1.80. The van der Waals surface area contributed by atoms with Crippen LogP contribution in [0.1, 0.15) is 23.0 Å². The van der Waals surface area contributed by atoms with Gasteiger partial charge in [-0.2, -0.15) is 0 Å². The number of fused-ring (bicyclic) bond motifs is 1. The number of hydrogen-bond donors (Lipinski definition) is 2. The van der Waals surface area contributed by atoms with E-state index >= 15 is 0 Å². The SMILES string of the molecule is CCOC(=O)Nc1ccc2c(COC(=O)c3ccc(S(N)(=O)=O)o3)cc(=O)oc2c1. The van der Waals surface area contributed by atoms with Crippen molar-refractivity contribution in [3.63, 3.8) is 0 Å². The summed E-state index contributed by atoms with van der Waals surface area (Å²) in [6, 6.07) is 7.81. The zero-order chi connectivity index (χ0) is 21.9. The van der Waals surface area contributed by atoms with Crippen molar-refractivity contribution in [2.24, 2.45) is 5.14 Å². The van der Waals surface area contributed by atoms with E-state index in [1.807, 2.05) is 0 Å². The number of carbonyl (C=O) groups excluding carboxylic acids is 2. The van der Waals surface area contributed by atoms with Crippen molar-refractivity contribution in [3.05, 3.63) is 58.1 Å². The Morgan fingerprint density at radius 2 is 1.87 bits per heavy atom. The van der Waals surface area contributed by atoms with Crippen LogP contribution in [0.4, 0.5) is 10.5 Å². The molecule has 0 radical (unpaired) electrons. The third-order valence-corrected chi connectivity index (χ3v) is 4.55. The molecule has 11 nitrogen and oxygen atoms in total. The number of primary sulfonamides is 1. The first-order valence-electron chi connectivity index (χ1n) is 8.47. The quantitative estimate of drug-likeness (QED) is 0.433. The first-order chi connectivity index (χ1) is 14.2. The topological polar surface area (TPSA) is 168 Å². The predicted octanol–water partition coefficient (Wildman–Crippen LogP) is 1.96. The van der Waals surface area contributed by atoms with E-state index < -0.39 is 32.8 Å². The molecule has 158 valence electrons. The molecule has 3 N–H and O–H groups in total. The van der Waals surface area contributed by atoms with Gasteiger partial charge in [-0.25, -0.2) is 27.9 Å². The number of carbonyl (C=O) groups is 2. The van der Waals surface area contributed by atoms with E-state index in [2.05, 4.69) is 5.32 Å². The molecule has 0 atom stereocenters. The minimum atomic E-state index is -4.10. The second-order valence-corrected chi connectivity index (χ2v) is 7.38. The number of hydrogen-bond acceptors (Lipinski definition) is 9. The molecule has 3 rings (SSSR count). The first kappa shape index (κ1) is 21.1. The Morgan fingerprint density at radius 3 is 2.53 bits per heavy atom. The molecular weight excluding hydrogens is 420 g/mol. The summed E-state index contributed by atoms with van der Waals surface area (Å²) >= 11 is 0. The molecule has 0 saturated carbocycles. The fraction of sp³-hybridized carbons (Fsp3) is 0.167. The molecule has 0 aliphatic heterocycles. The minimum Gasteiger partial charge on any atom is -0.455 e. The molecule has 0 fully saturated rings. The highest BCUT2D eigenvalue weighted by Crippen LogP contribution is 2.23. The van der Waals surface area contributed by atoms with Crippen molar-refractivity contribution in [1.29, 1.82) is 0 Å². The normalized spacial score (nSPS) is 11.3. The van der Waals surface area contributed by atoms with E-state index in [1.165, 1.54) is 6.07 Å². The van der Waals surface area contributed by atoms with E-state index in [1.54, 1.807) is 19.1 Å². The third-order valence-electron chi connectivity index (χ3n) is 3.77. The highest BCUT2D eigenvalue weighted by Gasteiger charge is 2.19. The molecule has 2 aromatic heterocycles. The summed E-state index contributed by atoms with van der Waals surface area (Å²) in [5, 5.41) is 7.28. The summed E-state index contributed by atoms with van der Waals surface area (Å²) in [5.74, 6) is -1.32. The largest absolute Gasteiger partial charge is 0.455 e. The number of nitrogens with one attached hydrogen (secondary N) is 1. The highest BCUT2D eigenvalue weighted by atomic mass is 32.2. The number of esters is 1. The molecular formula is C18H16N2O9S. The van der Waals surface area contributed by atoms with Crippen molar-refractivity contribution in [3.8, 4) is 0 Å². The van der Waals surface area contributed by atoms with E-state index in [0.717, 1.165) is 18.2 Å². The van der Waals surface area contributed by atoms with Gasteiger partial charge in [-0.15, -0.1) is 0 Å². The van der Waals surface area contributed by atoms with Gasteiger partial charge in [0.1, 0.15) is 12.2 Å². The molecule has 0 saturated heterocycles. The average Bonchev–Trinajstić information content (AvgIpc) is 3.16. The Morgan fingerprint density at radius 1 is 1.10 bits per heavy atom. The second-order valence-electron chi connectivity index (χ2n) is 5.89. The molecule has 3 aromatic rings. The lowest BCUT2D eigenvalue weighted by atomic mass is 10.1. The van der Waals surface area contributed by atoms with E-state index in [0.29, 0.717) is 16.6 Å². The van der Waals surface area contributed by atoms with Gasteiger partial charge in [0.2, 0.25) is 10.9 Å². The van der Waals surface area contributed by atoms with Crippen LogP contribution < -0.4 is 16.1 Å². The van der Waals surface area contributed by atoms with Gasteiger partial charge in [0.05, 0.1) is 6.61 Å². The zero-order valence-electron chi connectivity index (χ0n) is 15.5. The molecule has 0 aliphatic carbocycles. The molecule has 12 heteroatoms. The van der Waals surface area contributed by atoms with Gasteiger partial charge in [-0.05, 0) is 31.2 Å². The molecule has 30 heavy (non-hydrogen) atoms. The molecule has 0 unspecified atom stereocenters. The van der Waals surface area contributed by atoms with Crippen LogP contribution in [-0.4, -0.2) is 27.1 Å². The number of nitrogens with two attached hydrogens (primary N) is 1. The van der Waals surface area contributed by atoms with E-state index in [9.17, 15) is 22.8 Å². The number of sulfonamides is 1.